The Morgan fingerprint density at radius 3 is 2.35 bits per heavy atom. The van der Waals surface area contributed by atoms with Crippen molar-refractivity contribution in [1.82, 2.24) is 0 Å². The van der Waals surface area contributed by atoms with E-state index in [1.54, 1.807) is 0 Å². The van der Waals surface area contributed by atoms with E-state index in [0.717, 1.165) is 63.1 Å². The number of alkyl halides is 3. The highest BCUT2D eigenvalue weighted by Gasteiger charge is 2.39. The van der Waals surface area contributed by atoms with Crippen LogP contribution in [0.4, 0.5) is 13.2 Å². The van der Waals surface area contributed by atoms with Crippen molar-refractivity contribution in [3.8, 4) is 17.6 Å². The lowest BCUT2D eigenvalue weighted by atomic mass is 9.83. The van der Waals surface area contributed by atoms with E-state index in [2.05, 4.69) is 11.8 Å². The second-order valence-corrected chi connectivity index (χ2v) is 10.4. The van der Waals surface area contributed by atoms with Gasteiger partial charge in [-0.2, -0.15) is 13.2 Å². The number of benzene rings is 1. The smallest absolute Gasteiger partial charge is 0.419 e. The third kappa shape index (κ3) is 7.64. The molecule has 0 saturated heterocycles. The summed E-state index contributed by atoms with van der Waals surface area (Å²) in [6.45, 7) is -0.696. The van der Waals surface area contributed by atoms with Crippen LogP contribution < -0.4 is 4.74 Å². The molecule has 10 heteroatoms. The maximum atomic E-state index is 13.7. The highest BCUT2D eigenvalue weighted by molar-refractivity contribution is 7.85. The molecule has 0 atom stereocenters. The zero-order chi connectivity index (χ0) is 24.8. The van der Waals surface area contributed by atoms with Gasteiger partial charge in [-0.3, -0.25) is 0 Å². The van der Waals surface area contributed by atoms with Gasteiger partial charge >= 0.3 is 12.1 Å². The zero-order valence-electron chi connectivity index (χ0n) is 18.8. The molecule has 0 aromatic heterocycles. The van der Waals surface area contributed by atoms with Crippen LogP contribution in [0.5, 0.6) is 5.75 Å². The Morgan fingerprint density at radius 1 is 1.09 bits per heavy atom. The predicted molar refractivity (Wildman–Crippen MR) is 117 cm³/mol. The number of hydrogen-bond donors (Lipinski definition) is 0. The summed E-state index contributed by atoms with van der Waals surface area (Å²) >= 11 is 0. The third-order valence-electron chi connectivity index (χ3n) is 6.17. The van der Waals surface area contributed by atoms with Crippen LogP contribution in [-0.2, 0) is 21.0 Å². The Morgan fingerprint density at radius 2 is 1.74 bits per heavy atom. The molecule has 188 valence electrons. The maximum absolute atomic E-state index is 13.7. The molecule has 1 aromatic carbocycles. The Balaban J connectivity index is 1.88. The van der Waals surface area contributed by atoms with Crippen molar-refractivity contribution in [2.75, 3.05) is 12.4 Å². The van der Waals surface area contributed by atoms with Gasteiger partial charge in [-0.15, -0.1) is 0 Å². The van der Waals surface area contributed by atoms with Crippen molar-refractivity contribution in [2.45, 2.75) is 76.0 Å². The monoisotopic (exact) mass is 501 g/mol. The lowest BCUT2D eigenvalue weighted by Crippen LogP contribution is -2.37. The molecule has 0 bridgehead atoms. The Hall–Kier alpha value is -2.25. The molecule has 0 heterocycles. The van der Waals surface area contributed by atoms with Gasteiger partial charge in [0.25, 0.3) is 0 Å². The van der Waals surface area contributed by atoms with Gasteiger partial charge in [0.15, 0.2) is 5.60 Å². The largest absolute Gasteiger partial charge is 0.748 e. The van der Waals surface area contributed by atoms with E-state index in [1.807, 2.05) is 0 Å². The Bertz CT molecular complexity index is 1030. The standard InChI is InChI=1S/C24H29F3O6S/c25-24(26,27)20-10-9-19(22(28)32-15-16-34(29,30)31)17-21(20)33-23(12-5-2-6-13-23)14-11-18-7-3-1-4-8-18/h9-10,17-18H,1-8,12-13,15-16H2,(H,29,30,31)/p-1. The highest BCUT2D eigenvalue weighted by atomic mass is 32.2. The van der Waals surface area contributed by atoms with Gasteiger partial charge in [0.1, 0.15) is 12.4 Å². The fourth-order valence-electron chi connectivity index (χ4n) is 4.35. The van der Waals surface area contributed by atoms with E-state index in [4.69, 9.17) is 9.47 Å². The van der Waals surface area contributed by atoms with Crippen LogP contribution in [0, 0.1) is 17.8 Å². The molecule has 0 unspecified atom stereocenters. The SMILES string of the molecule is O=C(OCCS(=O)(=O)[O-])c1ccc(C(F)(F)F)c(OC2(C#CC3CCCCC3)CCCCC2)c1. The minimum Gasteiger partial charge on any atom is -0.748 e. The first-order valence-electron chi connectivity index (χ1n) is 11.5. The Kier molecular flexibility index (Phi) is 8.52. The van der Waals surface area contributed by atoms with Crippen LogP contribution in [0.1, 0.15) is 80.1 Å². The second kappa shape index (κ2) is 11.0. The van der Waals surface area contributed by atoms with E-state index >= 15 is 0 Å². The first kappa shape index (κ1) is 26.4. The number of esters is 1. The summed E-state index contributed by atoms with van der Waals surface area (Å²) in [4.78, 5) is 12.3. The molecule has 2 aliphatic carbocycles. The minimum absolute atomic E-state index is 0.205. The first-order chi connectivity index (χ1) is 16.0. The number of rotatable bonds is 6. The fraction of sp³-hybridized carbons (Fsp3) is 0.625. The molecular weight excluding hydrogens is 473 g/mol. The molecule has 0 spiro atoms. The van der Waals surface area contributed by atoms with Crippen LogP contribution in [0.25, 0.3) is 0 Å². The van der Waals surface area contributed by atoms with Crippen LogP contribution in [0.2, 0.25) is 0 Å². The van der Waals surface area contributed by atoms with Crippen LogP contribution in [-0.4, -0.2) is 36.9 Å². The van der Waals surface area contributed by atoms with Gasteiger partial charge in [0, 0.05) is 5.92 Å². The number of carbonyl (C=O) groups is 1. The van der Waals surface area contributed by atoms with Gasteiger partial charge in [0.05, 0.1) is 27.0 Å². The molecule has 0 aliphatic heterocycles. The summed E-state index contributed by atoms with van der Waals surface area (Å²) in [6, 6.07) is 2.63. The summed E-state index contributed by atoms with van der Waals surface area (Å²) in [6.07, 6.45) is 4.01. The average molecular weight is 502 g/mol. The molecule has 2 fully saturated rings. The number of halogens is 3. The lowest BCUT2D eigenvalue weighted by molar-refractivity contribution is -0.139. The van der Waals surface area contributed by atoms with Gasteiger partial charge < -0.3 is 14.0 Å². The zero-order valence-corrected chi connectivity index (χ0v) is 19.6. The van der Waals surface area contributed by atoms with E-state index in [-0.39, 0.29) is 11.5 Å². The van der Waals surface area contributed by atoms with Crippen molar-refractivity contribution >= 4 is 16.1 Å². The van der Waals surface area contributed by atoms with Crippen molar-refractivity contribution < 1.29 is 40.4 Å². The average Bonchev–Trinajstić information content (AvgIpc) is 2.77. The molecule has 0 radical (unpaired) electrons. The topological polar surface area (TPSA) is 92.7 Å². The van der Waals surface area contributed by atoms with Crippen LogP contribution >= 0.6 is 0 Å². The molecule has 0 amide bonds. The maximum Gasteiger partial charge on any atom is 0.419 e. The fourth-order valence-corrected chi connectivity index (χ4v) is 4.64. The van der Waals surface area contributed by atoms with E-state index in [1.165, 1.54) is 6.42 Å². The van der Waals surface area contributed by atoms with Gasteiger partial charge in [0.2, 0.25) is 0 Å². The second-order valence-electron chi connectivity index (χ2n) is 8.87. The molecule has 6 nitrogen and oxygen atoms in total. The molecule has 34 heavy (non-hydrogen) atoms. The first-order valence-corrected chi connectivity index (χ1v) is 13.1. The highest BCUT2D eigenvalue weighted by Crippen LogP contribution is 2.41. The summed E-state index contributed by atoms with van der Waals surface area (Å²) in [5, 5.41) is 0. The van der Waals surface area contributed by atoms with Gasteiger partial charge in [-0.25, -0.2) is 13.2 Å². The molecule has 0 N–H and O–H groups in total. The van der Waals surface area contributed by atoms with Crippen LogP contribution in [0.15, 0.2) is 18.2 Å². The van der Waals surface area contributed by atoms with Crippen molar-refractivity contribution in [3.63, 3.8) is 0 Å². The van der Waals surface area contributed by atoms with Gasteiger partial charge in [-0.1, -0.05) is 37.5 Å². The summed E-state index contributed by atoms with van der Waals surface area (Å²) in [7, 11) is -4.60. The number of hydrogen-bond acceptors (Lipinski definition) is 6. The summed E-state index contributed by atoms with van der Waals surface area (Å²) in [5.74, 6) is 4.14. The molecule has 2 aliphatic rings. The molecule has 1 aromatic rings. The predicted octanol–water partition coefficient (Wildman–Crippen LogP) is 5.07. The van der Waals surface area contributed by atoms with Crippen molar-refractivity contribution in [2.24, 2.45) is 5.92 Å². The minimum atomic E-state index is -4.72. The normalized spacial score (nSPS) is 19.1. The van der Waals surface area contributed by atoms with E-state index in [9.17, 15) is 30.9 Å². The number of carbonyl (C=O) groups excluding carboxylic acids is 1. The van der Waals surface area contributed by atoms with E-state index in [0.29, 0.717) is 12.8 Å². The molecule has 2 saturated carbocycles. The van der Waals surface area contributed by atoms with Crippen molar-refractivity contribution in [3.05, 3.63) is 29.3 Å². The summed E-state index contributed by atoms with van der Waals surface area (Å²) < 4.78 is 84.0. The molecule has 3 rings (SSSR count). The quantitative estimate of drug-likeness (QED) is 0.307. The lowest BCUT2D eigenvalue weighted by Gasteiger charge is -2.34. The van der Waals surface area contributed by atoms with Crippen LogP contribution in [0.3, 0.4) is 0 Å². The Labute approximate surface area is 198 Å². The van der Waals surface area contributed by atoms with Crippen molar-refractivity contribution in [1.29, 1.82) is 0 Å². The number of ether oxygens (including phenoxy) is 2. The summed E-state index contributed by atoms with van der Waals surface area (Å²) in [5.41, 5.74) is -2.34. The van der Waals surface area contributed by atoms with E-state index < -0.39 is 51.5 Å². The molecular formula is C24H28F3O6S-. The third-order valence-corrected chi connectivity index (χ3v) is 6.83. The van der Waals surface area contributed by atoms with Gasteiger partial charge in [-0.05, 0) is 56.7 Å².